The Kier molecular flexibility index (Phi) is 7.07. The number of carbonyl (C=O) groups excluding carboxylic acids is 2. The maximum absolute atomic E-state index is 12.4. The average Bonchev–Trinajstić information content (AvgIpc) is 2.59. The number of rotatable bonds is 5. The molecule has 1 amide bonds. The van der Waals surface area contributed by atoms with Gasteiger partial charge in [-0.1, -0.05) is 50.1 Å². The van der Waals surface area contributed by atoms with Crippen LogP contribution >= 0.6 is 23.4 Å². The van der Waals surface area contributed by atoms with Crippen molar-refractivity contribution in [1.29, 1.82) is 0 Å². The maximum Gasteiger partial charge on any atom is 0.359 e. The van der Waals surface area contributed by atoms with Crippen LogP contribution < -0.4 is 5.32 Å². The van der Waals surface area contributed by atoms with Crippen LogP contribution in [0.15, 0.2) is 11.4 Å². The molecule has 1 heterocycles. The van der Waals surface area contributed by atoms with Gasteiger partial charge in [-0.3, -0.25) is 4.79 Å². The molecule has 0 aliphatic heterocycles. The third kappa shape index (κ3) is 5.07. The highest BCUT2D eigenvalue weighted by Crippen LogP contribution is 2.29. The van der Waals surface area contributed by atoms with Crippen LogP contribution in [0.5, 0.6) is 0 Å². The number of halogens is 1. The molecule has 6 nitrogen and oxygen atoms in total. The van der Waals surface area contributed by atoms with E-state index in [9.17, 15) is 9.59 Å². The fourth-order valence-corrected chi connectivity index (χ4v) is 3.46. The fourth-order valence-electron chi connectivity index (χ4n) is 2.95. The van der Waals surface area contributed by atoms with Gasteiger partial charge in [-0.05, 0) is 31.4 Å². The smallest absolute Gasteiger partial charge is 0.359 e. The number of hydrogen-bond acceptors (Lipinski definition) is 6. The van der Waals surface area contributed by atoms with Crippen LogP contribution in [0.2, 0.25) is 5.02 Å². The van der Waals surface area contributed by atoms with Crippen molar-refractivity contribution in [3.05, 3.63) is 16.9 Å². The summed E-state index contributed by atoms with van der Waals surface area (Å²) < 4.78 is 5.25. The number of nitrogens with zero attached hydrogens (tertiary/aromatic N) is 2. The molecule has 1 fully saturated rings. The van der Waals surface area contributed by atoms with E-state index in [1.54, 1.807) is 13.2 Å². The molecule has 0 aromatic carbocycles. The summed E-state index contributed by atoms with van der Waals surface area (Å²) in [6.07, 6.45) is 5.46. The quantitative estimate of drug-likeness (QED) is 0.475. The van der Waals surface area contributed by atoms with E-state index < -0.39 is 12.1 Å². The zero-order valence-electron chi connectivity index (χ0n) is 14.9. The van der Waals surface area contributed by atoms with Crippen molar-refractivity contribution in [1.82, 2.24) is 15.3 Å². The molecule has 138 valence electrons. The summed E-state index contributed by atoms with van der Waals surface area (Å²) in [5.74, 6) is -0.0484. The molecule has 0 radical (unpaired) electrons. The van der Waals surface area contributed by atoms with E-state index in [-0.39, 0.29) is 22.7 Å². The summed E-state index contributed by atoms with van der Waals surface area (Å²) in [7, 11) is 0. The van der Waals surface area contributed by atoms with Crippen LogP contribution in [0.3, 0.4) is 0 Å². The van der Waals surface area contributed by atoms with Gasteiger partial charge in [-0.25, -0.2) is 14.8 Å². The van der Waals surface area contributed by atoms with Gasteiger partial charge in [-0.15, -0.1) is 0 Å². The lowest BCUT2D eigenvalue weighted by Gasteiger charge is -2.35. The van der Waals surface area contributed by atoms with Crippen molar-refractivity contribution in [2.45, 2.75) is 57.3 Å². The highest BCUT2D eigenvalue weighted by atomic mass is 35.5. The molecule has 1 aliphatic carbocycles. The molecule has 1 aromatic heterocycles. The lowest BCUT2D eigenvalue weighted by atomic mass is 9.78. The number of thioether (sulfide) groups is 1. The Bertz CT molecular complexity index is 644. The van der Waals surface area contributed by atoms with Gasteiger partial charge in [0, 0.05) is 6.04 Å². The lowest BCUT2D eigenvalue weighted by Crippen LogP contribution is -2.47. The number of amides is 1. The topological polar surface area (TPSA) is 81.2 Å². The van der Waals surface area contributed by atoms with E-state index in [1.807, 2.05) is 0 Å². The number of nitrogens with one attached hydrogen (secondary N) is 1. The third-order valence-corrected chi connectivity index (χ3v) is 5.62. The van der Waals surface area contributed by atoms with Gasteiger partial charge in [0.05, 0.1) is 11.2 Å². The molecule has 4 atom stereocenters. The molecule has 2 rings (SSSR count). The molecule has 1 saturated carbocycles. The van der Waals surface area contributed by atoms with E-state index in [0.29, 0.717) is 17.0 Å². The van der Waals surface area contributed by atoms with Gasteiger partial charge < -0.3 is 10.1 Å². The standard InChI is InChI=1S/C17H24ClN3O3S/c1-9-6-5-7-13(10(9)2)20-15(22)11(3)24-16(23)14-12(18)8-19-17(21-14)25-4/h8-11,13H,5-7H2,1-4H3,(H,20,22)/t9-,10+,11-,13-/m1/s1. The van der Waals surface area contributed by atoms with E-state index >= 15 is 0 Å². The zero-order valence-corrected chi connectivity index (χ0v) is 16.5. The summed E-state index contributed by atoms with van der Waals surface area (Å²) in [5.41, 5.74) is -0.0275. The SMILES string of the molecule is CSc1ncc(Cl)c(C(=O)O[C@H](C)C(=O)N[C@@H]2CCC[C@@H](C)[C@@H]2C)n1. The van der Waals surface area contributed by atoms with Gasteiger partial charge >= 0.3 is 5.97 Å². The van der Waals surface area contributed by atoms with Crippen LogP contribution in [0.4, 0.5) is 0 Å². The predicted octanol–water partition coefficient (Wildman–Crippen LogP) is 3.34. The number of esters is 1. The Morgan fingerprint density at radius 2 is 2.12 bits per heavy atom. The van der Waals surface area contributed by atoms with Crippen LogP contribution in [0.25, 0.3) is 0 Å². The Morgan fingerprint density at radius 3 is 2.80 bits per heavy atom. The maximum atomic E-state index is 12.4. The van der Waals surface area contributed by atoms with Crippen LogP contribution in [-0.4, -0.2) is 40.2 Å². The highest BCUT2D eigenvalue weighted by molar-refractivity contribution is 7.98. The first-order valence-electron chi connectivity index (χ1n) is 8.41. The first kappa shape index (κ1) is 20.0. The summed E-state index contributed by atoms with van der Waals surface area (Å²) in [4.78, 5) is 32.7. The van der Waals surface area contributed by atoms with Crippen molar-refractivity contribution in [3.8, 4) is 0 Å². The predicted molar refractivity (Wildman–Crippen MR) is 97.8 cm³/mol. The lowest BCUT2D eigenvalue weighted by molar-refractivity contribution is -0.130. The minimum atomic E-state index is -0.916. The van der Waals surface area contributed by atoms with E-state index in [0.717, 1.165) is 12.8 Å². The van der Waals surface area contributed by atoms with Crippen LogP contribution in [0.1, 0.15) is 50.5 Å². The van der Waals surface area contributed by atoms with Gasteiger partial charge in [0.1, 0.15) is 0 Å². The summed E-state index contributed by atoms with van der Waals surface area (Å²) in [5, 5.41) is 3.52. The second-order valence-electron chi connectivity index (χ2n) is 6.48. The van der Waals surface area contributed by atoms with E-state index in [4.69, 9.17) is 16.3 Å². The normalized spacial score (nSPS) is 24.4. The third-order valence-electron chi connectivity index (χ3n) is 4.79. The molecule has 1 aromatic rings. The van der Waals surface area contributed by atoms with Crippen molar-refractivity contribution >= 4 is 35.2 Å². The van der Waals surface area contributed by atoms with Crippen LogP contribution in [-0.2, 0) is 9.53 Å². The molecule has 0 unspecified atom stereocenters. The molecule has 0 spiro atoms. The zero-order chi connectivity index (χ0) is 18.6. The second kappa shape index (κ2) is 8.85. The molecular weight excluding hydrogens is 362 g/mol. The summed E-state index contributed by atoms with van der Waals surface area (Å²) in [6, 6.07) is 0.114. The van der Waals surface area contributed by atoms with Crippen molar-refractivity contribution in [2.75, 3.05) is 6.26 Å². The Hall–Kier alpha value is -1.34. The number of carbonyl (C=O) groups is 2. The number of ether oxygens (including phenoxy) is 1. The highest BCUT2D eigenvalue weighted by Gasteiger charge is 2.30. The molecule has 1 aliphatic rings. The van der Waals surface area contributed by atoms with E-state index in [1.165, 1.54) is 24.4 Å². The van der Waals surface area contributed by atoms with Gasteiger partial charge in [-0.2, -0.15) is 0 Å². The van der Waals surface area contributed by atoms with Gasteiger partial charge in [0.2, 0.25) is 0 Å². The second-order valence-corrected chi connectivity index (χ2v) is 7.66. The molecule has 25 heavy (non-hydrogen) atoms. The van der Waals surface area contributed by atoms with E-state index in [2.05, 4.69) is 29.1 Å². The van der Waals surface area contributed by atoms with Gasteiger partial charge in [0.25, 0.3) is 5.91 Å². The average molecular weight is 386 g/mol. The minimum Gasteiger partial charge on any atom is -0.448 e. The molecular formula is C17H24ClN3O3S. The fraction of sp³-hybridized carbons (Fsp3) is 0.647. The first-order chi connectivity index (χ1) is 11.8. The molecule has 0 saturated heterocycles. The summed E-state index contributed by atoms with van der Waals surface area (Å²) >= 11 is 7.26. The largest absolute Gasteiger partial charge is 0.448 e. The van der Waals surface area contributed by atoms with Crippen molar-refractivity contribution in [3.63, 3.8) is 0 Å². The monoisotopic (exact) mass is 385 g/mol. The summed E-state index contributed by atoms with van der Waals surface area (Å²) in [6.45, 7) is 5.90. The molecule has 1 N–H and O–H groups in total. The Labute approximate surface area is 157 Å². The Morgan fingerprint density at radius 1 is 1.40 bits per heavy atom. The Balaban J connectivity index is 1.97. The van der Waals surface area contributed by atoms with Crippen molar-refractivity contribution < 1.29 is 14.3 Å². The minimum absolute atomic E-state index is 0.0275. The van der Waals surface area contributed by atoms with Crippen LogP contribution in [0, 0.1) is 11.8 Å². The van der Waals surface area contributed by atoms with Crippen molar-refractivity contribution in [2.24, 2.45) is 11.8 Å². The van der Waals surface area contributed by atoms with Gasteiger partial charge in [0.15, 0.2) is 17.0 Å². The number of hydrogen-bond donors (Lipinski definition) is 1. The molecule has 8 heteroatoms. The first-order valence-corrected chi connectivity index (χ1v) is 10.0. The molecule has 0 bridgehead atoms. The number of aromatic nitrogens is 2.